The van der Waals surface area contributed by atoms with Crippen LogP contribution in [0.5, 0.6) is 5.75 Å². The highest BCUT2D eigenvalue weighted by molar-refractivity contribution is 5.89. The van der Waals surface area contributed by atoms with Crippen molar-refractivity contribution in [2.45, 2.75) is 47.3 Å². The number of aryl methyl sites for hydroxylation is 2. The summed E-state index contributed by atoms with van der Waals surface area (Å²) < 4.78 is 21.1. The minimum Gasteiger partial charge on any atom is -0.489 e. The Balaban J connectivity index is 1.51. The molecule has 0 aliphatic rings. The molecule has 0 unspecified atom stereocenters. The molecule has 8 heteroatoms. The predicted molar refractivity (Wildman–Crippen MR) is 98.7 cm³/mol. The quantitative estimate of drug-likeness (QED) is 0.540. The number of aromatic nitrogens is 3. The molecule has 0 spiro atoms. The average Bonchev–Trinajstić information content (AvgIpc) is 3.24. The molecule has 148 valence electrons. The second-order valence-corrected chi connectivity index (χ2v) is 6.89. The van der Waals surface area contributed by atoms with Gasteiger partial charge in [-0.25, -0.2) is 4.79 Å². The first-order chi connectivity index (χ1) is 13.4. The fraction of sp³-hybridized carbons (Fsp3) is 0.400. The van der Waals surface area contributed by atoms with E-state index in [0.717, 1.165) is 17.0 Å². The van der Waals surface area contributed by atoms with Gasteiger partial charge in [0.25, 0.3) is 5.89 Å². The van der Waals surface area contributed by atoms with Crippen LogP contribution in [0.2, 0.25) is 0 Å². The fourth-order valence-electron chi connectivity index (χ4n) is 2.56. The lowest BCUT2D eigenvalue weighted by atomic mass is 10.1. The molecule has 3 aromatic rings. The van der Waals surface area contributed by atoms with E-state index in [-0.39, 0.29) is 12.5 Å². The third kappa shape index (κ3) is 4.97. The monoisotopic (exact) mass is 385 g/mol. The second kappa shape index (κ2) is 8.69. The minimum atomic E-state index is -0.471. The SMILES string of the molecule is Cc1noc(C)c1COc1ccc(C(=O)OCc2nc(CC(C)C)no2)cc1. The Bertz CT molecular complexity index is 908. The van der Waals surface area contributed by atoms with Gasteiger partial charge in [-0.05, 0) is 44.0 Å². The Hall–Kier alpha value is -3.16. The van der Waals surface area contributed by atoms with Crippen molar-refractivity contribution in [2.75, 3.05) is 0 Å². The Morgan fingerprint density at radius 3 is 2.46 bits per heavy atom. The van der Waals surface area contributed by atoms with Gasteiger partial charge in [0.1, 0.15) is 18.1 Å². The van der Waals surface area contributed by atoms with Crippen LogP contribution in [-0.4, -0.2) is 21.3 Å². The first-order valence-electron chi connectivity index (χ1n) is 9.05. The summed E-state index contributed by atoms with van der Waals surface area (Å²) >= 11 is 0. The van der Waals surface area contributed by atoms with Crippen LogP contribution in [0.1, 0.15) is 52.9 Å². The van der Waals surface area contributed by atoms with E-state index >= 15 is 0 Å². The molecule has 2 aromatic heterocycles. The van der Waals surface area contributed by atoms with E-state index in [1.165, 1.54) is 0 Å². The van der Waals surface area contributed by atoms with Crippen molar-refractivity contribution in [3.8, 4) is 5.75 Å². The molecule has 0 radical (unpaired) electrons. The average molecular weight is 385 g/mol. The Morgan fingerprint density at radius 2 is 1.82 bits per heavy atom. The molecule has 0 atom stereocenters. The van der Waals surface area contributed by atoms with Crippen LogP contribution in [-0.2, 0) is 24.4 Å². The van der Waals surface area contributed by atoms with Crippen LogP contribution in [0.15, 0.2) is 33.3 Å². The molecule has 0 saturated carbocycles. The van der Waals surface area contributed by atoms with Crippen molar-refractivity contribution in [3.05, 3.63) is 58.6 Å². The first kappa shape index (κ1) is 19.6. The third-order valence-electron chi connectivity index (χ3n) is 4.08. The number of rotatable bonds is 8. The lowest BCUT2D eigenvalue weighted by molar-refractivity contribution is 0.0430. The molecular weight excluding hydrogens is 362 g/mol. The largest absolute Gasteiger partial charge is 0.489 e. The van der Waals surface area contributed by atoms with E-state index in [0.29, 0.717) is 36.1 Å². The van der Waals surface area contributed by atoms with E-state index in [9.17, 15) is 4.79 Å². The summed E-state index contributed by atoms with van der Waals surface area (Å²) in [5, 5.41) is 7.76. The van der Waals surface area contributed by atoms with E-state index in [4.69, 9.17) is 18.5 Å². The second-order valence-electron chi connectivity index (χ2n) is 6.89. The zero-order chi connectivity index (χ0) is 20.1. The topological polar surface area (TPSA) is 100 Å². The summed E-state index contributed by atoms with van der Waals surface area (Å²) in [5.74, 6) is 2.21. The van der Waals surface area contributed by atoms with Gasteiger partial charge in [-0.15, -0.1) is 0 Å². The normalized spacial score (nSPS) is 11.0. The van der Waals surface area contributed by atoms with Crippen LogP contribution in [0.3, 0.4) is 0 Å². The standard InChI is InChI=1S/C20H23N3O5/c1-12(2)9-18-21-19(28-23-18)11-26-20(24)15-5-7-16(8-6-15)25-10-17-13(3)22-27-14(17)4/h5-8,12H,9-11H2,1-4H3. The molecule has 8 nitrogen and oxygen atoms in total. The number of ether oxygens (including phenoxy) is 2. The lowest BCUT2D eigenvalue weighted by Crippen LogP contribution is -2.06. The molecule has 0 aliphatic heterocycles. The molecule has 0 saturated heterocycles. The minimum absolute atomic E-state index is 0.0613. The highest BCUT2D eigenvalue weighted by Gasteiger charge is 2.13. The zero-order valence-electron chi connectivity index (χ0n) is 16.4. The molecule has 0 amide bonds. The van der Waals surface area contributed by atoms with Crippen molar-refractivity contribution in [1.82, 2.24) is 15.3 Å². The first-order valence-corrected chi connectivity index (χ1v) is 9.05. The molecule has 3 rings (SSSR count). The number of carbonyl (C=O) groups excluding carboxylic acids is 1. The van der Waals surface area contributed by atoms with E-state index in [1.54, 1.807) is 24.3 Å². The molecule has 1 aromatic carbocycles. The lowest BCUT2D eigenvalue weighted by Gasteiger charge is -2.07. The molecule has 0 N–H and O–H groups in total. The van der Waals surface area contributed by atoms with Gasteiger partial charge in [0.2, 0.25) is 0 Å². The predicted octanol–water partition coefficient (Wildman–Crippen LogP) is 3.81. The molecule has 0 bridgehead atoms. The maximum absolute atomic E-state index is 12.2. The van der Waals surface area contributed by atoms with E-state index in [2.05, 4.69) is 29.1 Å². The summed E-state index contributed by atoms with van der Waals surface area (Å²) in [5.41, 5.74) is 2.13. The van der Waals surface area contributed by atoms with Crippen molar-refractivity contribution in [2.24, 2.45) is 5.92 Å². The van der Waals surface area contributed by atoms with Crippen LogP contribution in [0.4, 0.5) is 0 Å². The number of hydrogen-bond acceptors (Lipinski definition) is 8. The Labute approximate surface area is 162 Å². The third-order valence-corrected chi connectivity index (χ3v) is 4.08. The summed E-state index contributed by atoms with van der Waals surface area (Å²) in [7, 11) is 0. The molecule has 28 heavy (non-hydrogen) atoms. The summed E-state index contributed by atoms with van der Waals surface area (Å²) in [6.07, 6.45) is 0.715. The molecule has 2 heterocycles. The molecule has 0 aliphatic carbocycles. The van der Waals surface area contributed by atoms with Gasteiger partial charge in [-0.2, -0.15) is 4.98 Å². The highest BCUT2D eigenvalue weighted by Crippen LogP contribution is 2.18. The Morgan fingerprint density at radius 1 is 1.07 bits per heavy atom. The number of hydrogen-bond donors (Lipinski definition) is 0. The van der Waals surface area contributed by atoms with Crippen LogP contribution in [0, 0.1) is 19.8 Å². The van der Waals surface area contributed by atoms with Crippen molar-refractivity contribution in [1.29, 1.82) is 0 Å². The summed E-state index contributed by atoms with van der Waals surface area (Å²) in [6, 6.07) is 6.70. The fourth-order valence-corrected chi connectivity index (χ4v) is 2.56. The van der Waals surface area contributed by atoms with Gasteiger partial charge in [0.15, 0.2) is 12.4 Å². The highest BCUT2D eigenvalue weighted by atomic mass is 16.6. The molecule has 0 fully saturated rings. The zero-order valence-corrected chi connectivity index (χ0v) is 16.4. The summed E-state index contributed by atoms with van der Waals surface area (Å²) in [4.78, 5) is 16.4. The van der Waals surface area contributed by atoms with Crippen LogP contribution >= 0.6 is 0 Å². The number of esters is 1. The van der Waals surface area contributed by atoms with Gasteiger partial charge >= 0.3 is 5.97 Å². The molecular formula is C20H23N3O5. The smallest absolute Gasteiger partial charge is 0.338 e. The number of benzene rings is 1. The van der Waals surface area contributed by atoms with Gasteiger partial charge < -0.3 is 18.5 Å². The maximum atomic E-state index is 12.2. The van der Waals surface area contributed by atoms with Gasteiger partial charge in [-0.3, -0.25) is 0 Å². The summed E-state index contributed by atoms with van der Waals surface area (Å²) in [6.45, 7) is 8.13. The van der Waals surface area contributed by atoms with Gasteiger partial charge in [0.05, 0.1) is 16.8 Å². The van der Waals surface area contributed by atoms with E-state index < -0.39 is 5.97 Å². The van der Waals surface area contributed by atoms with Gasteiger partial charge in [0, 0.05) is 6.42 Å². The number of nitrogens with zero attached hydrogens (tertiary/aromatic N) is 3. The van der Waals surface area contributed by atoms with Crippen molar-refractivity contribution in [3.63, 3.8) is 0 Å². The maximum Gasteiger partial charge on any atom is 0.338 e. The Kier molecular flexibility index (Phi) is 6.08. The van der Waals surface area contributed by atoms with E-state index in [1.807, 2.05) is 13.8 Å². The number of carbonyl (C=O) groups is 1. The van der Waals surface area contributed by atoms with Gasteiger partial charge in [-0.1, -0.05) is 24.2 Å². The van der Waals surface area contributed by atoms with Crippen LogP contribution < -0.4 is 4.74 Å². The van der Waals surface area contributed by atoms with Crippen molar-refractivity contribution < 1.29 is 23.3 Å². The van der Waals surface area contributed by atoms with Crippen LogP contribution in [0.25, 0.3) is 0 Å². The van der Waals surface area contributed by atoms with Crippen molar-refractivity contribution >= 4 is 5.97 Å².